The van der Waals surface area contributed by atoms with Gasteiger partial charge in [0, 0.05) is 13.2 Å². The summed E-state index contributed by atoms with van der Waals surface area (Å²) < 4.78 is 5.17. The first kappa shape index (κ1) is 5.06. The van der Waals surface area contributed by atoms with Gasteiger partial charge in [-0.2, -0.15) is 0 Å². The van der Waals surface area contributed by atoms with Crippen molar-refractivity contribution < 1.29 is 4.74 Å². The van der Waals surface area contributed by atoms with Gasteiger partial charge in [0.25, 0.3) is 0 Å². The van der Waals surface area contributed by atoms with Gasteiger partial charge in [0.2, 0.25) is 0 Å². The van der Waals surface area contributed by atoms with Crippen molar-refractivity contribution in [2.24, 2.45) is 0 Å². The molecular weight excluding hydrogens is 90.1 g/mol. The lowest BCUT2D eigenvalue weighted by Gasteiger charge is -2.26. The average Bonchev–Trinajstić information content (AvgIpc) is 1.55. The Labute approximate surface area is 43.9 Å². The molecule has 1 saturated heterocycles. The van der Waals surface area contributed by atoms with E-state index in [0.29, 0.717) is 6.23 Å². The molecule has 1 aliphatic heterocycles. The van der Waals surface area contributed by atoms with Gasteiger partial charge in [-0.15, -0.1) is 0 Å². The minimum atomic E-state index is 0.380. The largest absolute Gasteiger partial charge is 0.364 e. The van der Waals surface area contributed by atoms with Crippen LogP contribution in [-0.4, -0.2) is 19.4 Å². The highest BCUT2D eigenvalue weighted by Crippen LogP contribution is 2.01. The second kappa shape index (κ2) is 2.28. The van der Waals surface area contributed by atoms with E-state index in [1.54, 1.807) is 0 Å². The molecule has 7 heavy (non-hydrogen) atoms. The molecule has 2 heteroatoms. The van der Waals surface area contributed by atoms with E-state index < -0.39 is 0 Å². The maximum Gasteiger partial charge on any atom is 0.109 e. The topological polar surface area (TPSA) is 21.3 Å². The quantitative estimate of drug-likeness (QED) is 0.541. The molecule has 0 aromatic rings. The van der Waals surface area contributed by atoms with E-state index in [4.69, 9.17) is 4.74 Å². The van der Waals surface area contributed by atoms with Crippen LogP contribution in [0.15, 0.2) is 0 Å². The summed E-state index contributed by atoms with van der Waals surface area (Å²) in [6.45, 7) is 3.97. The fourth-order valence-corrected chi connectivity index (χ4v) is 0.606. The minimum Gasteiger partial charge on any atom is -0.364 e. The van der Waals surface area contributed by atoms with Crippen LogP contribution in [0.2, 0.25) is 0 Å². The fraction of sp³-hybridized carbons (Fsp3) is 1.00. The third-order valence-electron chi connectivity index (χ3n) is 1.15. The molecule has 0 spiro atoms. The van der Waals surface area contributed by atoms with Gasteiger partial charge in [0.1, 0.15) is 6.23 Å². The first-order chi connectivity index (χ1) is 3.43. The number of nitrogens with one attached hydrogen (secondary N) is 1. The summed E-state index contributed by atoms with van der Waals surface area (Å²) in [6.07, 6.45) is 1.57. The zero-order valence-electron chi connectivity index (χ0n) is 4.61. The number of ether oxygens (including phenoxy) is 1. The van der Waals surface area contributed by atoms with E-state index in [9.17, 15) is 0 Å². The van der Waals surface area contributed by atoms with E-state index >= 15 is 0 Å². The van der Waals surface area contributed by atoms with Crippen LogP contribution in [-0.2, 0) is 4.74 Å². The van der Waals surface area contributed by atoms with Crippen LogP contribution in [0, 0.1) is 0 Å². The molecule has 0 aliphatic carbocycles. The molecule has 1 unspecified atom stereocenters. The molecule has 1 rings (SSSR count). The maximum absolute atomic E-state index is 5.17. The predicted molar refractivity (Wildman–Crippen MR) is 28.0 cm³/mol. The molecule has 1 N–H and O–H groups in total. The molecule has 2 nitrogen and oxygen atoms in total. The van der Waals surface area contributed by atoms with E-state index in [1.165, 1.54) is 6.42 Å². The van der Waals surface area contributed by atoms with Gasteiger partial charge in [-0.1, -0.05) is 0 Å². The second-order valence-electron chi connectivity index (χ2n) is 1.69. The summed E-state index contributed by atoms with van der Waals surface area (Å²) in [4.78, 5) is 0. The molecule has 0 amide bonds. The first-order valence-corrected chi connectivity index (χ1v) is 2.78. The van der Waals surface area contributed by atoms with Crippen molar-refractivity contribution >= 4 is 0 Å². The van der Waals surface area contributed by atoms with Crippen molar-refractivity contribution in [3.8, 4) is 0 Å². The molecule has 0 aromatic carbocycles. The Kier molecular flexibility index (Phi) is 1.65. The molecule has 1 aliphatic rings. The van der Waals surface area contributed by atoms with Gasteiger partial charge in [-0.05, 0) is 13.3 Å². The third-order valence-corrected chi connectivity index (χ3v) is 1.15. The molecule has 0 saturated carbocycles. The Balaban J connectivity index is 1.93. The molecule has 0 aromatic heterocycles. The van der Waals surface area contributed by atoms with Crippen LogP contribution >= 0.6 is 0 Å². The normalized spacial score (nSPS) is 29.6. The van der Waals surface area contributed by atoms with Crippen molar-refractivity contribution in [1.82, 2.24) is 5.32 Å². The van der Waals surface area contributed by atoms with Gasteiger partial charge in [-0.25, -0.2) is 0 Å². The van der Waals surface area contributed by atoms with Crippen molar-refractivity contribution in [2.45, 2.75) is 19.6 Å². The lowest BCUT2D eigenvalue weighted by atomic mass is 10.2. The third kappa shape index (κ3) is 1.14. The van der Waals surface area contributed by atoms with Gasteiger partial charge >= 0.3 is 0 Å². The van der Waals surface area contributed by atoms with Gasteiger partial charge in [0.05, 0.1) is 0 Å². The van der Waals surface area contributed by atoms with Gasteiger partial charge in [-0.3, -0.25) is 5.32 Å². The molecule has 0 bridgehead atoms. The Morgan fingerprint density at radius 3 is 2.71 bits per heavy atom. The fourth-order valence-electron chi connectivity index (χ4n) is 0.606. The lowest BCUT2D eigenvalue weighted by molar-refractivity contribution is -0.00615. The van der Waals surface area contributed by atoms with Crippen LogP contribution in [0.5, 0.6) is 0 Å². The van der Waals surface area contributed by atoms with Crippen LogP contribution in [0.4, 0.5) is 0 Å². The Morgan fingerprint density at radius 2 is 2.57 bits per heavy atom. The lowest BCUT2D eigenvalue weighted by Crippen LogP contribution is -2.44. The summed E-state index contributed by atoms with van der Waals surface area (Å²) >= 11 is 0. The van der Waals surface area contributed by atoms with E-state index in [2.05, 4.69) is 5.32 Å². The molecule has 0 radical (unpaired) electrons. The predicted octanol–water partition coefficient (Wildman–Crippen LogP) is 0.342. The summed E-state index contributed by atoms with van der Waals surface area (Å²) in [7, 11) is 0. The first-order valence-electron chi connectivity index (χ1n) is 2.78. The standard InChI is InChI=1S/C5H11NO/c1-2-7-5-3-4-6-5/h5-6H,2-4H2,1H3. The van der Waals surface area contributed by atoms with Crippen LogP contribution < -0.4 is 5.32 Å². The molecular formula is C5H11NO. The number of rotatable bonds is 2. The zero-order chi connectivity index (χ0) is 5.11. The van der Waals surface area contributed by atoms with E-state index in [0.717, 1.165) is 13.2 Å². The van der Waals surface area contributed by atoms with Crippen molar-refractivity contribution in [3.05, 3.63) is 0 Å². The SMILES string of the molecule is CCOC1CCN1. The average molecular weight is 101 g/mol. The summed E-state index contributed by atoms with van der Waals surface area (Å²) in [5.41, 5.74) is 0. The van der Waals surface area contributed by atoms with Crippen molar-refractivity contribution in [2.75, 3.05) is 13.2 Å². The van der Waals surface area contributed by atoms with Crippen LogP contribution in [0.25, 0.3) is 0 Å². The molecule has 1 heterocycles. The van der Waals surface area contributed by atoms with Gasteiger partial charge in [0.15, 0.2) is 0 Å². The highest BCUT2D eigenvalue weighted by molar-refractivity contribution is 4.66. The van der Waals surface area contributed by atoms with E-state index in [1.807, 2.05) is 6.92 Å². The highest BCUT2D eigenvalue weighted by atomic mass is 16.5. The van der Waals surface area contributed by atoms with Gasteiger partial charge < -0.3 is 4.74 Å². The highest BCUT2D eigenvalue weighted by Gasteiger charge is 2.14. The Bertz CT molecular complexity index is 52.0. The van der Waals surface area contributed by atoms with E-state index in [-0.39, 0.29) is 0 Å². The Morgan fingerprint density at radius 1 is 1.86 bits per heavy atom. The van der Waals surface area contributed by atoms with Crippen LogP contribution in [0.3, 0.4) is 0 Å². The molecule has 42 valence electrons. The second-order valence-corrected chi connectivity index (χ2v) is 1.69. The minimum absolute atomic E-state index is 0.380. The zero-order valence-corrected chi connectivity index (χ0v) is 4.61. The van der Waals surface area contributed by atoms with Crippen molar-refractivity contribution in [3.63, 3.8) is 0 Å². The summed E-state index contributed by atoms with van der Waals surface area (Å²) in [5, 5.41) is 3.12. The molecule has 1 atom stereocenters. The maximum atomic E-state index is 5.17. The Hall–Kier alpha value is -0.0800. The summed E-state index contributed by atoms with van der Waals surface area (Å²) in [6, 6.07) is 0. The van der Waals surface area contributed by atoms with Crippen LogP contribution in [0.1, 0.15) is 13.3 Å². The number of hydrogen-bond acceptors (Lipinski definition) is 2. The summed E-state index contributed by atoms with van der Waals surface area (Å²) in [5.74, 6) is 0. The monoisotopic (exact) mass is 101 g/mol. The molecule has 1 fully saturated rings. The number of hydrogen-bond donors (Lipinski definition) is 1. The smallest absolute Gasteiger partial charge is 0.109 e. The van der Waals surface area contributed by atoms with Crippen molar-refractivity contribution in [1.29, 1.82) is 0 Å².